The summed E-state index contributed by atoms with van der Waals surface area (Å²) in [5.74, 6) is 0.769. The van der Waals surface area contributed by atoms with Crippen LogP contribution in [0.5, 0.6) is 0 Å². The molecule has 0 fully saturated rings. The molecule has 0 aliphatic rings. The first-order chi connectivity index (χ1) is 9.13. The Morgan fingerprint density at radius 3 is 2.58 bits per heavy atom. The van der Waals surface area contributed by atoms with Gasteiger partial charge in [0.2, 0.25) is 0 Å². The van der Waals surface area contributed by atoms with Crippen LogP contribution in [0.3, 0.4) is 0 Å². The van der Waals surface area contributed by atoms with Crippen molar-refractivity contribution >= 4 is 23.1 Å². The third kappa shape index (κ3) is 3.04. The molecule has 0 radical (unpaired) electrons. The van der Waals surface area contributed by atoms with E-state index in [-0.39, 0.29) is 0 Å². The van der Waals surface area contributed by atoms with Crippen LogP contribution in [0.4, 0.5) is 11.5 Å². The number of anilines is 2. The van der Waals surface area contributed by atoms with Crippen molar-refractivity contribution in [3.05, 3.63) is 46.1 Å². The standard InChI is InChI=1S/C15H18ClN3/c1-4-7-12-8-5-6-9-13(12)17-15-11(3)10(2)14(16)18-19-15/h5-6,8-9H,4,7H2,1-3H3,(H,17,19). The van der Waals surface area contributed by atoms with Gasteiger partial charge in [-0.05, 0) is 43.0 Å². The number of aromatic nitrogens is 2. The first-order valence-electron chi connectivity index (χ1n) is 6.47. The molecule has 3 nitrogen and oxygen atoms in total. The highest BCUT2D eigenvalue weighted by Gasteiger charge is 2.09. The van der Waals surface area contributed by atoms with Gasteiger partial charge in [0.25, 0.3) is 0 Å². The Morgan fingerprint density at radius 2 is 1.84 bits per heavy atom. The molecular formula is C15H18ClN3. The highest BCUT2D eigenvalue weighted by atomic mass is 35.5. The molecule has 2 rings (SSSR count). The average Bonchev–Trinajstić information content (AvgIpc) is 2.42. The lowest BCUT2D eigenvalue weighted by atomic mass is 10.1. The maximum absolute atomic E-state index is 5.97. The minimum absolute atomic E-state index is 0.463. The van der Waals surface area contributed by atoms with E-state index in [1.54, 1.807) is 0 Å². The van der Waals surface area contributed by atoms with Crippen molar-refractivity contribution in [3.63, 3.8) is 0 Å². The Kier molecular flexibility index (Phi) is 4.38. The van der Waals surface area contributed by atoms with E-state index in [1.807, 2.05) is 19.9 Å². The predicted octanol–water partition coefficient (Wildman–Crippen LogP) is 4.44. The van der Waals surface area contributed by atoms with Crippen LogP contribution in [0.2, 0.25) is 5.15 Å². The van der Waals surface area contributed by atoms with Gasteiger partial charge in [0.15, 0.2) is 11.0 Å². The fraction of sp³-hybridized carbons (Fsp3) is 0.333. The molecule has 0 atom stereocenters. The molecule has 0 aliphatic carbocycles. The number of halogens is 1. The highest BCUT2D eigenvalue weighted by Crippen LogP contribution is 2.26. The van der Waals surface area contributed by atoms with E-state index in [9.17, 15) is 0 Å². The van der Waals surface area contributed by atoms with Crippen LogP contribution in [0.25, 0.3) is 0 Å². The van der Waals surface area contributed by atoms with Crippen LogP contribution < -0.4 is 5.32 Å². The van der Waals surface area contributed by atoms with E-state index >= 15 is 0 Å². The maximum atomic E-state index is 5.97. The van der Waals surface area contributed by atoms with E-state index in [0.717, 1.165) is 35.5 Å². The van der Waals surface area contributed by atoms with Gasteiger partial charge in [0, 0.05) is 5.69 Å². The van der Waals surface area contributed by atoms with Gasteiger partial charge in [-0.25, -0.2) is 0 Å². The Balaban J connectivity index is 2.34. The topological polar surface area (TPSA) is 37.8 Å². The van der Waals surface area contributed by atoms with Crippen molar-refractivity contribution in [2.45, 2.75) is 33.6 Å². The van der Waals surface area contributed by atoms with Crippen molar-refractivity contribution in [3.8, 4) is 0 Å². The molecule has 0 spiro atoms. The molecule has 1 N–H and O–H groups in total. The molecule has 0 bridgehead atoms. The molecule has 100 valence electrons. The third-order valence-electron chi connectivity index (χ3n) is 3.25. The number of aryl methyl sites for hydroxylation is 1. The summed E-state index contributed by atoms with van der Waals surface area (Å²) in [6, 6.07) is 8.28. The summed E-state index contributed by atoms with van der Waals surface area (Å²) < 4.78 is 0. The zero-order valence-corrected chi connectivity index (χ0v) is 12.3. The molecule has 19 heavy (non-hydrogen) atoms. The smallest absolute Gasteiger partial charge is 0.156 e. The van der Waals surface area contributed by atoms with Gasteiger partial charge in [-0.2, -0.15) is 0 Å². The van der Waals surface area contributed by atoms with Gasteiger partial charge < -0.3 is 5.32 Å². The number of para-hydroxylation sites is 1. The summed E-state index contributed by atoms with van der Waals surface area (Å²) in [5.41, 5.74) is 4.38. The number of hydrogen-bond donors (Lipinski definition) is 1. The molecule has 1 aromatic heterocycles. The minimum atomic E-state index is 0.463. The molecule has 0 aliphatic heterocycles. The fourth-order valence-electron chi connectivity index (χ4n) is 1.95. The Hall–Kier alpha value is -1.61. The maximum Gasteiger partial charge on any atom is 0.156 e. The van der Waals surface area contributed by atoms with E-state index in [0.29, 0.717) is 5.15 Å². The Morgan fingerprint density at radius 1 is 1.11 bits per heavy atom. The van der Waals surface area contributed by atoms with Crippen molar-refractivity contribution in [2.75, 3.05) is 5.32 Å². The molecule has 0 saturated carbocycles. The van der Waals surface area contributed by atoms with Crippen molar-refractivity contribution in [1.82, 2.24) is 10.2 Å². The van der Waals surface area contributed by atoms with Gasteiger partial charge in [0.1, 0.15) is 0 Å². The van der Waals surface area contributed by atoms with E-state index in [2.05, 4.69) is 40.6 Å². The van der Waals surface area contributed by atoms with Crippen LogP contribution >= 0.6 is 11.6 Å². The molecule has 0 saturated heterocycles. The summed E-state index contributed by atoms with van der Waals surface area (Å²) >= 11 is 5.97. The van der Waals surface area contributed by atoms with Gasteiger partial charge in [0.05, 0.1) is 0 Å². The summed E-state index contributed by atoms with van der Waals surface area (Å²) in [7, 11) is 0. The van der Waals surface area contributed by atoms with Crippen molar-refractivity contribution < 1.29 is 0 Å². The highest BCUT2D eigenvalue weighted by molar-refractivity contribution is 6.30. The van der Waals surface area contributed by atoms with Gasteiger partial charge in [-0.15, -0.1) is 10.2 Å². The first-order valence-corrected chi connectivity index (χ1v) is 6.85. The minimum Gasteiger partial charge on any atom is -0.338 e. The largest absolute Gasteiger partial charge is 0.338 e. The normalized spacial score (nSPS) is 10.5. The second-order valence-electron chi connectivity index (χ2n) is 4.62. The van der Waals surface area contributed by atoms with Crippen LogP contribution in [0, 0.1) is 13.8 Å². The number of benzene rings is 1. The zero-order valence-electron chi connectivity index (χ0n) is 11.5. The predicted molar refractivity (Wildman–Crippen MR) is 80.2 cm³/mol. The van der Waals surface area contributed by atoms with Crippen LogP contribution in [-0.4, -0.2) is 10.2 Å². The molecule has 2 aromatic rings. The second kappa shape index (κ2) is 6.02. The second-order valence-corrected chi connectivity index (χ2v) is 4.98. The monoisotopic (exact) mass is 275 g/mol. The van der Waals surface area contributed by atoms with Crippen molar-refractivity contribution in [1.29, 1.82) is 0 Å². The lowest BCUT2D eigenvalue weighted by Gasteiger charge is -2.13. The average molecular weight is 276 g/mol. The number of hydrogen-bond acceptors (Lipinski definition) is 3. The first kappa shape index (κ1) is 13.8. The van der Waals surface area contributed by atoms with Gasteiger partial charge >= 0.3 is 0 Å². The summed E-state index contributed by atoms with van der Waals surface area (Å²) in [5, 5.41) is 11.9. The molecule has 0 amide bonds. The molecule has 1 heterocycles. The van der Waals surface area contributed by atoms with Crippen LogP contribution in [0.1, 0.15) is 30.0 Å². The van der Waals surface area contributed by atoms with Crippen LogP contribution in [-0.2, 0) is 6.42 Å². The summed E-state index contributed by atoms with van der Waals surface area (Å²) in [6.45, 7) is 6.13. The quantitative estimate of drug-likeness (QED) is 0.896. The Labute approximate surface area is 119 Å². The van der Waals surface area contributed by atoms with Crippen molar-refractivity contribution in [2.24, 2.45) is 0 Å². The Bertz CT molecular complexity index is 582. The van der Waals surface area contributed by atoms with Crippen LogP contribution in [0.15, 0.2) is 24.3 Å². The molecule has 0 unspecified atom stereocenters. The molecule has 1 aromatic carbocycles. The van der Waals surface area contributed by atoms with E-state index in [1.165, 1.54) is 5.56 Å². The third-order valence-corrected chi connectivity index (χ3v) is 3.61. The SMILES string of the molecule is CCCc1ccccc1Nc1nnc(Cl)c(C)c1C. The lowest BCUT2D eigenvalue weighted by molar-refractivity contribution is 0.922. The van der Waals surface area contributed by atoms with E-state index < -0.39 is 0 Å². The van der Waals surface area contributed by atoms with Gasteiger partial charge in [-0.1, -0.05) is 43.1 Å². The number of nitrogens with one attached hydrogen (secondary N) is 1. The lowest BCUT2D eigenvalue weighted by Crippen LogP contribution is -2.03. The molecular weight excluding hydrogens is 258 g/mol. The fourth-order valence-corrected chi connectivity index (χ4v) is 2.13. The number of nitrogens with zero attached hydrogens (tertiary/aromatic N) is 2. The number of rotatable bonds is 4. The van der Waals surface area contributed by atoms with Gasteiger partial charge in [-0.3, -0.25) is 0 Å². The zero-order chi connectivity index (χ0) is 13.8. The summed E-state index contributed by atoms with van der Waals surface area (Å²) in [6.07, 6.45) is 2.16. The summed E-state index contributed by atoms with van der Waals surface area (Å²) in [4.78, 5) is 0. The van der Waals surface area contributed by atoms with E-state index in [4.69, 9.17) is 11.6 Å². The molecule has 4 heteroatoms.